The molecule has 0 heterocycles. The highest BCUT2D eigenvalue weighted by Crippen LogP contribution is 2.06. The predicted molar refractivity (Wildman–Crippen MR) is 62.6 cm³/mol. The molecule has 0 aliphatic carbocycles. The normalized spacial score (nSPS) is 14.5. The monoisotopic (exact) mass is 237 g/mol. The second-order valence-electron chi connectivity index (χ2n) is 4.47. The number of hydrogen-bond donors (Lipinski definition) is 2. The topological polar surface area (TPSA) is 66.4 Å². The summed E-state index contributed by atoms with van der Waals surface area (Å²) in [5.41, 5.74) is 0. The highest BCUT2D eigenvalue weighted by Gasteiger charge is 2.05. The van der Waals surface area contributed by atoms with Crippen molar-refractivity contribution < 1.29 is 13.0 Å². The first-order valence-electron chi connectivity index (χ1n) is 5.50. The summed E-state index contributed by atoms with van der Waals surface area (Å²) in [5, 5.41) is 3.24. The molecule has 0 radical (unpaired) electrons. The van der Waals surface area contributed by atoms with Crippen molar-refractivity contribution in [1.82, 2.24) is 5.32 Å². The summed E-state index contributed by atoms with van der Waals surface area (Å²) in [6, 6.07) is 0.411. The van der Waals surface area contributed by atoms with Gasteiger partial charge in [-0.05, 0) is 38.6 Å². The van der Waals surface area contributed by atoms with Gasteiger partial charge in [-0.15, -0.1) is 0 Å². The standard InChI is InChI=1S/C10H23NO3S/c1-9(2)5-6-10(3)11-7-4-8-15(12,13)14/h9-11H,4-8H2,1-3H3,(H,12,13,14). The third kappa shape index (κ3) is 11.8. The third-order valence-electron chi connectivity index (χ3n) is 2.25. The summed E-state index contributed by atoms with van der Waals surface area (Å²) in [4.78, 5) is 0. The van der Waals surface area contributed by atoms with E-state index in [1.54, 1.807) is 0 Å². The second kappa shape index (κ2) is 7.19. The summed E-state index contributed by atoms with van der Waals surface area (Å²) >= 11 is 0. The highest BCUT2D eigenvalue weighted by atomic mass is 32.2. The Morgan fingerprint density at radius 3 is 2.27 bits per heavy atom. The van der Waals surface area contributed by atoms with Crippen LogP contribution in [-0.2, 0) is 10.1 Å². The lowest BCUT2D eigenvalue weighted by atomic mass is 10.0. The first-order valence-corrected chi connectivity index (χ1v) is 7.10. The van der Waals surface area contributed by atoms with Crippen LogP contribution in [0.5, 0.6) is 0 Å². The molecule has 0 aromatic carbocycles. The molecular weight excluding hydrogens is 214 g/mol. The Labute approximate surface area is 93.2 Å². The van der Waals surface area contributed by atoms with Crippen LogP contribution in [0.4, 0.5) is 0 Å². The van der Waals surface area contributed by atoms with E-state index in [2.05, 4.69) is 26.1 Å². The second-order valence-corrected chi connectivity index (χ2v) is 6.04. The quantitative estimate of drug-likeness (QED) is 0.498. The van der Waals surface area contributed by atoms with E-state index in [-0.39, 0.29) is 5.75 Å². The van der Waals surface area contributed by atoms with Crippen LogP contribution in [0, 0.1) is 5.92 Å². The van der Waals surface area contributed by atoms with E-state index in [0.29, 0.717) is 24.9 Å². The van der Waals surface area contributed by atoms with Crippen LogP contribution in [0.1, 0.15) is 40.0 Å². The van der Waals surface area contributed by atoms with Gasteiger partial charge in [0.05, 0.1) is 5.75 Å². The van der Waals surface area contributed by atoms with E-state index in [4.69, 9.17) is 4.55 Å². The summed E-state index contributed by atoms with van der Waals surface area (Å²) in [5.74, 6) is 0.545. The smallest absolute Gasteiger partial charge is 0.264 e. The maximum Gasteiger partial charge on any atom is 0.264 e. The maximum absolute atomic E-state index is 10.4. The van der Waals surface area contributed by atoms with Gasteiger partial charge < -0.3 is 5.32 Å². The van der Waals surface area contributed by atoms with Crippen molar-refractivity contribution in [2.45, 2.75) is 46.1 Å². The van der Waals surface area contributed by atoms with Gasteiger partial charge in [-0.1, -0.05) is 13.8 Å². The van der Waals surface area contributed by atoms with Crippen molar-refractivity contribution in [3.8, 4) is 0 Å². The van der Waals surface area contributed by atoms with Crippen molar-refractivity contribution in [1.29, 1.82) is 0 Å². The fourth-order valence-corrected chi connectivity index (χ4v) is 1.80. The number of rotatable bonds is 8. The molecule has 0 bridgehead atoms. The van der Waals surface area contributed by atoms with Gasteiger partial charge in [0.2, 0.25) is 0 Å². The average Bonchev–Trinajstić information content (AvgIpc) is 2.07. The molecule has 0 amide bonds. The lowest BCUT2D eigenvalue weighted by molar-refractivity contribution is 0.447. The van der Waals surface area contributed by atoms with E-state index in [1.165, 1.54) is 6.42 Å². The first-order chi connectivity index (χ1) is 6.81. The van der Waals surface area contributed by atoms with Crippen molar-refractivity contribution in [2.75, 3.05) is 12.3 Å². The minimum absolute atomic E-state index is 0.156. The van der Waals surface area contributed by atoms with Gasteiger partial charge in [-0.3, -0.25) is 4.55 Å². The van der Waals surface area contributed by atoms with Gasteiger partial charge in [-0.2, -0.15) is 8.42 Å². The third-order valence-corrected chi connectivity index (χ3v) is 3.05. The van der Waals surface area contributed by atoms with Crippen molar-refractivity contribution in [2.24, 2.45) is 5.92 Å². The predicted octanol–water partition coefficient (Wildman–Crippen LogP) is 1.68. The molecule has 92 valence electrons. The molecular formula is C10H23NO3S. The Hall–Kier alpha value is -0.130. The highest BCUT2D eigenvalue weighted by molar-refractivity contribution is 7.85. The summed E-state index contributed by atoms with van der Waals surface area (Å²) in [6.07, 6.45) is 2.74. The molecule has 5 heteroatoms. The van der Waals surface area contributed by atoms with Crippen LogP contribution in [0.15, 0.2) is 0 Å². The zero-order valence-corrected chi connectivity index (χ0v) is 10.7. The average molecular weight is 237 g/mol. The van der Waals surface area contributed by atoms with Crippen LogP contribution in [0.2, 0.25) is 0 Å². The van der Waals surface area contributed by atoms with Gasteiger partial charge in [0.25, 0.3) is 10.1 Å². The fraction of sp³-hybridized carbons (Fsp3) is 1.00. The SMILES string of the molecule is CC(C)CCC(C)NCCCS(=O)(=O)O. The van der Waals surface area contributed by atoms with Gasteiger partial charge in [0.15, 0.2) is 0 Å². The Kier molecular flexibility index (Phi) is 7.13. The summed E-state index contributed by atoms with van der Waals surface area (Å²) in [6.45, 7) is 7.10. The first kappa shape index (κ1) is 14.9. The Bertz CT molecular complexity index is 249. The summed E-state index contributed by atoms with van der Waals surface area (Å²) < 4.78 is 29.3. The van der Waals surface area contributed by atoms with Crippen LogP contribution in [0.25, 0.3) is 0 Å². The lowest BCUT2D eigenvalue weighted by Gasteiger charge is -2.14. The molecule has 2 N–H and O–H groups in total. The summed E-state index contributed by atoms with van der Waals surface area (Å²) in [7, 11) is -3.79. The number of hydrogen-bond acceptors (Lipinski definition) is 3. The van der Waals surface area contributed by atoms with Crippen molar-refractivity contribution in [3.05, 3.63) is 0 Å². The molecule has 0 aliphatic heterocycles. The molecule has 0 spiro atoms. The minimum Gasteiger partial charge on any atom is -0.314 e. The molecule has 15 heavy (non-hydrogen) atoms. The van der Waals surface area contributed by atoms with Crippen LogP contribution in [0.3, 0.4) is 0 Å². The fourth-order valence-electron chi connectivity index (χ4n) is 1.29. The van der Waals surface area contributed by atoms with Crippen molar-refractivity contribution in [3.63, 3.8) is 0 Å². The molecule has 0 aliphatic rings. The van der Waals surface area contributed by atoms with E-state index in [1.807, 2.05) is 0 Å². The largest absolute Gasteiger partial charge is 0.314 e. The molecule has 0 rings (SSSR count). The minimum atomic E-state index is -3.79. The van der Waals surface area contributed by atoms with E-state index >= 15 is 0 Å². The molecule has 1 unspecified atom stereocenters. The van der Waals surface area contributed by atoms with Crippen LogP contribution < -0.4 is 5.32 Å². The van der Waals surface area contributed by atoms with Gasteiger partial charge >= 0.3 is 0 Å². The van der Waals surface area contributed by atoms with Crippen molar-refractivity contribution >= 4 is 10.1 Å². The van der Waals surface area contributed by atoms with Gasteiger partial charge in [0.1, 0.15) is 0 Å². The molecule has 0 aromatic heterocycles. The molecule has 4 nitrogen and oxygen atoms in total. The Morgan fingerprint density at radius 1 is 1.20 bits per heavy atom. The van der Waals surface area contributed by atoms with E-state index < -0.39 is 10.1 Å². The Balaban J connectivity index is 3.43. The zero-order chi connectivity index (χ0) is 11.9. The van der Waals surface area contributed by atoms with Crippen LogP contribution >= 0.6 is 0 Å². The lowest BCUT2D eigenvalue weighted by Crippen LogP contribution is -2.28. The molecule has 0 aromatic rings. The molecule has 1 atom stereocenters. The maximum atomic E-state index is 10.4. The van der Waals surface area contributed by atoms with E-state index in [0.717, 1.165) is 6.42 Å². The molecule has 0 saturated heterocycles. The zero-order valence-electron chi connectivity index (χ0n) is 9.86. The van der Waals surface area contributed by atoms with Gasteiger partial charge in [0, 0.05) is 6.04 Å². The number of nitrogens with one attached hydrogen (secondary N) is 1. The van der Waals surface area contributed by atoms with Gasteiger partial charge in [-0.25, -0.2) is 0 Å². The van der Waals surface area contributed by atoms with Crippen LogP contribution in [-0.4, -0.2) is 31.3 Å². The molecule has 0 fully saturated rings. The Morgan fingerprint density at radius 2 is 1.80 bits per heavy atom. The molecule has 0 saturated carbocycles. The van der Waals surface area contributed by atoms with E-state index in [9.17, 15) is 8.42 Å².